The second-order valence-corrected chi connectivity index (χ2v) is 6.41. The number of carbonyl (C=O) groups is 1. The van der Waals surface area contributed by atoms with E-state index in [1.165, 1.54) is 41.2 Å². The van der Waals surface area contributed by atoms with Crippen LogP contribution in [0.25, 0.3) is 17.0 Å². The van der Waals surface area contributed by atoms with Crippen LogP contribution in [0.15, 0.2) is 48.9 Å². The van der Waals surface area contributed by atoms with E-state index in [0.717, 1.165) is 12.3 Å². The number of nitrogens with zero attached hydrogens (tertiary/aromatic N) is 5. The highest BCUT2D eigenvalue weighted by Crippen LogP contribution is 2.30. The van der Waals surface area contributed by atoms with Gasteiger partial charge in [0.2, 0.25) is 5.82 Å². The Balaban J connectivity index is 1.90. The first-order valence-electron chi connectivity index (χ1n) is 9.25. The van der Waals surface area contributed by atoms with Gasteiger partial charge in [-0.1, -0.05) is 6.07 Å². The molecule has 0 aliphatic rings. The summed E-state index contributed by atoms with van der Waals surface area (Å²) in [6, 6.07) is 6.06. The summed E-state index contributed by atoms with van der Waals surface area (Å²) in [6.45, 7) is 1.75. The molecule has 0 saturated heterocycles. The quantitative estimate of drug-likeness (QED) is 0.362. The minimum atomic E-state index is -4.66. The van der Waals surface area contributed by atoms with Crippen molar-refractivity contribution in [2.24, 2.45) is 0 Å². The SMILES string of the molecule is CCOC(=O)c1ccn2nc(-c3cccc(C(F)(F)F)n3)nc(Nc3ccncc3F)c12. The number of esters is 1. The highest BCUT2D eigenvalue weighted by atomic mass is 19.4. The Labute approximate surface area is 177 Å². The molecule has 0 bridgehead atoms. The van der Waals surface area contributed by atoms with E-state index < -0.39 is 23.7 Å². The largest absolute Gasteiger partial charge is 0.462 e. The van der Waals surface area contributed by atoms with Crippen LogP contribution in [-0.2, 0) is 10.9 Å². The fraction of sp³-hybridized carbons (Fsp3) is 0.150. The van der Waals surface area contributed by atoms with E-state index in [0.29, 0.717) is 0 Å². The van der Waals surface area contributed by atoms with E-state index in [1.54, 1.807) is 6.92 Å². The van der Waals surface area contributed by atoms with Crippen molar-refractivity contribution in [2.45, 2.75) is 13.1 Å². The summed E-state index contributed by atoms with van der Waals surface area (Å²) in [4.78, 5) is 23.9. The molecule has 0 radical (unpaired) electrons. The van der Waals surface area contributed by atoms with Crippen molar-refractivity contribution >= 4 is 23.0 Å². The first kappa shape index (κ1) is 21.2. The smallest absolute Gasteiger partial charge is 0.433 e. The van der Waals surface area contributed by atoms with Crippen molar-refractivity contribution in [1.82, 2.24) is 24.6 Å². The molecule has 8 nitrogen and oxygen atoms in total. The molecule has 0 atom stereocenters. The average Bonchev–Trinajstić information content (AvgIpc) is 3.19. The number of hydrogen-bond acceptors (Lipinski definition) is 7. The van der Waals surface area contributed by atoms with E-state index in [2.05, 4.69) is 25.4 Å². The first-order chi connectivity index (χ1) is 15.3. The number of pyridine rings is 2. The van der Waals surface area contributed by atoms with Crippen LogP contribution in [0.3, 0.4) is 0 Å². The highest BCUT2D eigenvalue weighted by molar-refractivity contribution is 6.01. The maximum Gasteiger partial charge on any atom is 0.433 e. The van der Waals surface area contributed by atoms with Gasteiger partial charge in [0, 0.05) is 12.4 Å². The zero-order chi connectivity index (χ0) is 22.9. The Morgan fingerprint density at radius 2 is 2.00 bits per heavy atom. The van der Waals surface area contributed by atoms with Gasteiger partial charge in [-0.3, -0.25) is 4.98 Å². The van der Waals surface area contributed by atoms with Crippen LogP contribution in [0.1, 0.15) is 23.0 Å². The number of carbonyl (C=O) groups excluding carboxylic acids is 1. The molecule has 0 aliphatic carbocycles. The zero-order valence-corrected chi connectivity index (χ0v) is 16.4. The van der Waals surface area contributed by atoms with Crippen molar-refractivity contribution in [3.8, 4) is 11.5 Å². The summed E-state index contributed by atoms with van der Waals surface area (Å²) in [6.07, 6.45) is -0.940. The lowest BCUT2D eigenvalue weighted by atomic mass is 10.2. The molecule has 0 aliphatic heterocycles. The first-order valence-corrected chi connectivity index (χ1v) is 9.25. The summed E-state index contributed by atoms with van der Waals surface area (Å²) >= 11 is 0. The maximum absolute atomic E-state index is 14.2. The monoisotopic (exact) mass is 446 g/mol. The standard InChI is InChI=1S/C20H14F4N6O2/c1-2-32-19(31)11-7-9-30-16(11)18(27-13-6-8-25-10-12(13)21)28-17(29-30)14-4-3-5-15(26-14)20(22,23)24/h3-10H,2H2,1H3,(H,25,27,28,29). The number of anilines is 2. The van der Waals surface area contributed by atoms with E-state index in [-0.39, 0.29) is 40.7 Å². The number of aromatic nitrogens is 5. The third kappa shape index (κ3) is 4.06. The minimum Gasteiger partial charge on any atom is -0.462 e. The van der Waals surface area contributed by atoms with Gasteiger partial charge in [0.25, 0.3) is 0 Å². The second-order valence-electron chi connectivity index (χ2n) is 6.41. The van der Waals surface area contributed by atoms with Crippen molar-refractivity contribution in [2.75, 3.05) is 11.9 Å². The molecule has 0 saturated carbocycles. The van der Waals surface area contributed by atoms with Gasteiger partial charge in [-0.15, -0.1) is 5.10 Å². The summed E-state index contributed by atoms with van der Waals surface area (Å²) in [5.74, 6) is -1.58. The molecule has 12 heteroatoms. The van der Waals surface area contributed by atoms with Crippen LogP contribution >= 0.6 is 0 Å². The molecule has 0 spiro atoms. The molecular weight excluding hydrogens is 432 g/mol. The molecule has 0 unspecified atom stereocenters. The minimum absolute atomic E-state index is 0.0143. The number of alkyl halides is 3. The maximum atomic E-state index is 14.2. The Morgan fingerprint density at radius 1 is 1.19 bits per heavy atom. The van der Waals surface area contributed by atoms with Crippen LogP contribution in [0, 0.1) is 5.82 Å². The molecule has 164 valence electrons. The number of hydrogen-bond donors (Lipinski definition) is 1. The van der Waals surface area contributed by atoms with Gasteiger partial charge in [-0.05, 0) is 31.2 Å². The topological polar surface area (TPSA) is 94.3 Å². The lowest BCUT2D eigenvalue weighted by Crippen LogP contribution is -2.11. The van der Waals surface area contributed by atoms with Crippen LogP contribution in [-0.4, -0.2) is 37.1 Å². The molecule has 4 aromatic heterocycles. The Morgan fingerprint density at radius 3 is 2.72 bits per heavy atom. The van der Waals surface area contributed by atoms with Gasteiger partial charge < -0.3 is 10.1 Å². The summed E-state index contributed by atoms with van der Waals surface area (Å²) in [5, 5.41) is 6.93. The molecule has 1 N–H and O–H groups in total. The fourth-order valence-electron chi connectivity index (χ4n) is 2.92. The van der Waals surface area contributed by atoms with Gasteiger partial charge in [0.1, 0.15) is 16.9 Å². The molecule has 0 fully saturated rings. The van der Waals surface area contributed by atoms with E-state index in [4.69, 9.17) is 4.74 Å². The van der Waals surface area contributed by atoms with E-state index >= 15 is 0 Å². The molecule has 32 heavy (non-hydrogen) atoms. The number of ether oxygens (including phenoxy) is 1. The van der Waals surface area contributed by atoms with E-state index in [9.17, 15) is 22.4 Å². The molecule has 4 heterocycles. The normalized spacial score (nSPS) is 11.5. The molecule has 4 rings (SSSR count). The third-order valence-electron chi connectivity index (χ3n) is 4.30. The predicted octanol–water partition coefficient (Wildman–Crippen LogP) is 4.26. The highest BCUT2D eigenvalue weighted by Gasteiger charge is 2.33. The Kier molecular flexibility index (Phi) is 5.43. The molecule has 0 amide bonds. The van der Waals surface area contributed by atoms with Gasteiger partial charge in [0.15, 0.2) is 11.6 Å². The third-order valence-corrected chi connectivity index (χ3v) is 4.30. The number of halogens is 4. The van der Waals surface area contributed by atoms with Gasteiger partial charge in [0.05, 0.1) is 24.1 Å². The predicted molar refractivity (Wildman–Crippen MR) is 105 cm³/mol. The van der Waals surface area contributed by atoms with Crippen LogP contribution in [0.4, 0.5) is 29.1 Å². The fourth-order valence-corrected chi connectivity index (χ4v) is 2.92. The van der Waals surface area contributed by atoms with Gasteiger partial charge in [-0.2, -0.15) is 13.2 Å². The Bertz CT molecular complexity index is 1300. The summed E-state index contributed by atoms with van der Waals surface area (Å²) in [7, 11) is 0. The average molecular weight is 446 g/mol. The second kappa shape index (κ2) is 8.21. The van der Waals surface area contributed by atoms with Crippen LogP contribution in [0.2, 0.25) is 0 Å². The van der Waals surface area contributed by atoms with Crippen molar-refractivity contribution in [3.05, 3.63) is 66.0 Å². The van der Waals surface area contributed by atoms with Gasteiger partial charge >= 0.3 is 12.1 Å². The van der Waals surface area contributed by atoms with Crippen molar-refractivity contribution < 1.29 is 27.1 Å². The molecule has 4 aromatic rings. The molecular formula is C20H14F4N6O2. The van der Waals surface area contributed by atoms with E-state index in [1.807, 2.05) is 0 Å². The van der Waals surface area contributed by atoms with Gasteiger partial charge in [-0.25, -0.2) is 23.7 Å². The van der Waals surface area contributed by atoms with Crippen LogP contribution < -0.4 is 5.32 Å². The van der Waals surface area contributed by atoms with Crippen LogP contribution in [0.5, 0.6) is 0 Å². The Hall–Kier alpha value is -4.09. The van der Waals surface area contributed by atoms with Crippen molar-refractivity contribution in [1.29, 1.82) is 0 Å². The number of rotatable bonds is 5. The zero-order valence-electron chi connectivity index (χ0n) is 16.4. The summed E-state index contributed by atoms with van der Waals surface area (Å²) < 4.78 is 59.7. The van der Waals surface area contributed by atoms with Crippen molar-refractivity contribution in [3.63, 3.8) is 0 Å². The number of nitrogens with one attached hydrogen (secondary N) is 1. The lowest BCUT2D eigenvalue weighted by molar-refractivity contribution is -0.141. The number of fused-ring (bicyclic) bond motifs is 1. The molecule has 0 aromatic carbocycles. The summed E-state index contributed by atoms with van der Waals surface area (Å²) in [5.41, 5.74) is -1.05. The lowest BCUT2D eigenvalue weighted by Gasteiger charge is -2.12.